The molecule has 0 saturated heterocycles. The first-order valence-electron chi connectivity index (χ1n) is 7.56. The van der Waals surface area contributed by atoms with Gasteiger partial charge in [-0.25, -0.2) is 0 Å². The van der Waals surface area contributed by atoms with E-state index in [0.717, 1.165) is 22.7 Å². The van der Waals surface area contributed by atoms with Crippen LogP contribution in [0.15, 0.2) is 28.9 Å². The van der Waals surface area contributed by atoms with Gasteiger partial charge in [0.25, 0.3) is 0 Å². The Morgan fingerprint density at radius 3 is 2.74 bits per heavy atom. The van der Waals surface area contributed by atoms with Crippen molar-refractivity contribution in [3.8, 4) is 0 Å². The van der Waals surface area contributed by atoms with Crippen LogP contribution in [0.3, 0.4) is 0 Å². The quantitative estimate of drug-likeness (QED) is 0.829. The molecule has 124 valence electrons. The first kappa shape index (κ1) is 17.0. The van der Waals surface area contributed by atoms with Gasteiger partial charge in [-0.2, -0.15) is 5.10 Å². The summed E-state index contributed by atoms with van der Waals surface area (Å²) < 4.78 is 7.24. The van der Waals surface area contributed by atoms with E-state index in [1.54, 1.807) is 12.3 Å². The summed E-state index contributed by atoms with van der Waals surface area (Å²) in [6.45, 7) is 4.40. The molecular weight excluding hydrogens is 292 g/mol. The normalized spacial score (nSPS) is 13.0. The van der Waals surface area contributed by atoms with Crippen molar-refractivity contribution in [2.24, 2.45) is 7.05 Å². The standard InChI is InChI=1S/C17H24N4O2/c1-12-14(13(2)21(5)19-12)8-9-17(22)18-11-15(20(3)4)16-7-6-10-23-16/h6-10,15H,11H2,1-5H3,(H,18,22)/b9-8+. The molecule has 1 unspecified atom stereocenters. The van der Waals surface area contributed by atoms with Crippen LogP contribution >= 0.6 is 0 Å². The minimum atomic E-state index is -0.133. The summed E-state index contributed by atoms with van der Waals surface area (Å²) in [5.41, 5.74) is 2.93. The molecule has 0 fully saturated rings. The molecule has 0 bridgehead atoms. The van der Waals surface area contributed by atoms with Crippen LogP contribution in [0.2, 0.25) is 0 Å². The van der Waals surface area contributed by atoms with Gasteiger partial charge < -0.3 is 9.73 Å². The second kappa shape index (κ2) is 7.28. The Balaban J connectivity index is 1.98. The molecule has 0 radical (unpaired) electrons. The molecule has 0 aliphatic heterocycles. The van der Waals surface area contributed by atoms with E-state index in [1.165, 1.54) is 0 Å². The third-order valence-electron chi connectivity index (χ3n) is 3.93. The predicted octanol–water partition coefficient (Wildman–Crippen LogP) is 2.06. The molecule has 1 N–H and O–H groups in total. The summed E-state index contributed by atoms with van der Waals surface area (Å²) in [5, 5.41) is 7.25. The van der Waals surface area contributed by atoms with Gasteiger partial charge in [0.1, 0.15) is 5.76 Å². The molecule has 2 aromatic rings. The van der Waals surface area contributed by atoms with Crippen molar-refractivity contribution in [2.45, 2.75) is 19.9 Å². The largest absolute Gasteiger partial charge is 0.468 e. The highest BCUT2D eigenvalue weighted by atomic mass is 16.3. The summed E-state index contributed by atoms with van der Waals surface area (Å²) in [4.78, 5) is 14.1. The van der Waals surface area contributed by atoms with Crippen molar-refractivity contribution in [1.29, 1.82) is 0 Å². The zero-order valence-corrected chi connectivity index (χ0v) is 14.3. The Morgan fingerprint density at radius 2 is 2.22 bits per heavy atom. The molecule has 2 heterocycles. The fraction of sp³-hybridized carbons (Fsp3) is 0.412. The van der Waals surface area contributed by atoms with Crippen LogP contribution in [0, 0.1) is 13.8 Å². The third kappa shape index (κ3) is 4.10. The highest BCUT2D eigenvalue weighted by Gasteiger charge is 2.17. The number of hydrogen-bond acceptors (Lipinski definition) is 4. The number of amides is 1. The second-order valence-electron chi connectivity index (χ2n) is 5.78. The van der Waals surface area contributed by atoms with Crippen LogP contribution in [-0.4, -0.2) is 41.2 Å². The second-order valence-corrected chi connectivity index (χ2v) is 5.78. The van der Waals surface area contributed by atoms with Crippen molar-refractivity contribution in [3.63, 3.8) is 0 Å². The summed E-state index contributed by atoms with van der Waals surface area (Å²) in [6, 6.07) is 3.76. The van der Waals surface area contributed by atoms with E-state index in [9.17, 15) is 4.79 Å². The first-order valence-corrected chi connectivity index (χ1v) is 7.56. The molecule has 0 aliphatic carbocycles. The molecule has 0 aliphatic rings. The molecule has 6 heteroatoms. The van der Waals surface area contributed by atoms with Crippen LogP contribution in [0.4, 0.5) is 0 Å². The Bertz CT molecular complexity index is 684. The number of hydrogen-bond donors (Lipinski definition) is 1. The molecule has 23 heavy (non-hydrogen) atoms. The maximum absolute atomic E-state index is 12.1. The van der Waals surface area contributed by atoms with Crippen molar-refractivity contribution in [2.75, 3.05) is 20.6 Å². The lowest BCUT2D eigenvalue weighted by atomic mass is 10.2. The Kier molecular flexibility index (Phi) is 5.39. The third-order valence-corrected chi connectivity index (χ3v) is 3.93. The fourth-order valence-electron chi connectivity index (χ4n) is 2.46. The number of aryl methyl sites for hydroxylation is 2. The van der Waals surface area contributed by atoms with Gasteiger partial charge in [-0.3, -0.25) is 14.4 Å². The van der Waals surface area contributed by atoms with Gasteiger partial charge in [-0.1, -0.05) is 0 Å². The van der Waals surface area contributed by atoms with Crippen LogP contribution in [0.1, 0.15) is 28.8 Å². The topological polar surface area (TPSA) is 63.3 Å². The van der Waals surface area contributed by atoms with E-state index in [2.05, 4.69) is 10.4 Å². The Morgan fingerprint density at radius 1 is 1.48 bits per heavy atom. The van der Waals surface area contributed by atoms with Crippen LogP contribution < -0.4 is 5.32 Å². The molecule has 2 rings (SSSR count). The van der Waals surface area contributed by atoms with Crippen molar-refractivity contribution >= 4 is 12.0 Å². The number of carbonyl (C=O) groups excluding carboxylic acids is 1. The number of furan rings is 1. The monoisotopic (exact) mass is 316 g/mol. The number of likely N-dealkylation sites (N-methyl/N-ethyl adjacent to an activating group) is 1. The SMILES string of the molecule is Cc1nn(C)c(C)c1/C=C/C(=O)NCC(c1ccco1)N(C)C. The van der Waals surface area contributed by atoms with E-state index < -0.39 is 0 Å². The van der Waals surface area contributed by atoms with Gasteiger partial charge in [-0.05, 0) is 46.2 Å². The Labute approximate surface area is 136 Å². The summed E-state index contributed by atoms with van der Waals surface area (Å²) in [5.74, 6) is 0.698. The zero-order valence-electron chi connectivity index (χ0n) is 14.3. The minimum absolute atomic E-state index is 0.00390. The first-order chi connectivity index (χ1) is 10.9. The van der Waals surface area contributed by atoms with Crippen molar-refractivity contribution in [1.82, 2.24) is 20.0 Å². The maximum atomic E-state index is 12.1. The summed E-state index contributed by atoms with van der Waals surface area (Å²) in [7, 11) is 5.81. The predicted molar refractivity (Wildman–Crippen MR) is 89.9 cm³/mol. The highest BCUT2D eigenvalue weighted by molar-refractivity contribution is 5.92. The van der Waals surface area contributed by atoms with Crippen molar-refractivity contribution < 1.29 is 9.21 Å². The zero-order chi connectivity index (χ0) is 17.0. The number of rotatable bonds is 6. The molecule has 0 spiro atoms. The van der Waals surface area contributed by atoms with Gasteiger partial charge in [-0.15, -0.1) is 0 Å². The van der Waals surface area contributed by atoms with E-state index in [0.29, 0.717) is 6.54 Å². The molecule has 2 aromatic heterocycles. The lowest BCUT2D eigenvalue weighted by Crippen LogP contribution is -2.33. The maximum Gasteiger partial charge on any atom is 0.244 e. The molecule has 1 atom stereocenters. The number of carbonyl (C=O) groups is 1. The molecule has 0 saturated carbocycles. The van der Waals surface area contributed by atoms with E-state index in [-0.39, 0.29) is 11.9 Å². The van der Waals surface area contributed by atoms with Crippen LogP contribution in [0.25, 0.3) is 6.08 Å². The fourth-order valence-corrected chi connectivity index (χ4v) is 2.46. The number of nitrogens with one attached hydrogen (secondary N) is 1. The van der Waals surface area contributed by atoms with Gasteiger partial charge in [0, 0.05) is 30.9 Å². The summed E-state index contributed by atoms with van der Waals surface area (Å²) >= 11 is 0. The van der Waals surface area contributed by atoms with E-state index in [4.69, 9.17) is 4.42 Å². The minimum Gasteiger partial charge on any atom is -0.468 e. The molecule has 0 aromatic carbocycles. The smallest absolute Gasteiger partial charge is 0.244 e. The number of aromatic nitrogens is 2. The lowest BCUT2D eigenvalue weighted by molar-refractivity contribution is -0.116. The Hall–Kier alpha value is -2.34. The highest BCUT2D eigenvalue weighted by Crippen LogP contribution is 2.17. The van der Waals surface area contributed by atoms with E-state index in [1.807, 2.05) is 62.8 Å². The van der Waals surface area contributed by atoms with Gasteiger partial charge >= 0.3 is 0 Å². The van der Waals surface area contributed by atoms with E-state index >= 15 is 0 Å². The average Bonchev–Trinajstić information content (AvgIpc) is 3.08. The van der Waals surface area contributed by atoms with Gasteiger partial charge in [0.05, 0.1) is 18.0 Å². The summed E-state index contributed by atoms with van der Waals surface area (Å²) in [6.07, 6.45) is 5.00. The number of nitrogens with zero attached hydrogens (tertiary/aromatic N) is 3. The van der Waals surface area contributed by atoms with Gasteiger partial charge in [0.15, 0.2) is 0 Å². The lowest BCUT2D eigenvalue weighted by Gasteiger charge is -2.22. The molecule has 6 nitrogen and oxygen atoms in total. The molecule has 1 amide bonds. The average molecular weight is 316 g/mol. The van der Waals surface area contributed by atoms with Gasteiger partial charge in [0.2, 0.25) is 5.91 Å². The van der Waals surface area contributed by atoms with Crippen molar-refractivity contribution in [3.05, 3.63) is 47.2 Å². The van der Waals surface area contributed by atoms with Crippen LogP contribution in [0.5, 0.6) is 0 Å². The molecular formula is C17H24N4O2. The van der Waals surface area contributed by atoms with Crippen LogP contribution in [-0.2, 0) is 11.8 Å².